The lowest BCUT2D eigenvalue weighted by atomic mass is 10.3. The molecule has 0 saturated heterocycles. The monoisotopic (exact) mass is 320 g/mol. The van der Waals surface area contributed by atoms with Gasteiger partial charge in [0.15, 0.2) is 6.54 Å². The quantitative estimate of drug-likeness (QED) is 0.677. The van der Waals surface area contributed by atoms with Crippen LogP contribution in [0.15, 0.2) is 24.3 Å². The Kier molecular flexibility index (Phi) is 6.41. The fraction of sp³-hybridized carbons (Fsp3) is 0.417. The molecular formula is C12H17ClN2O4S. The van der Waals surface area contributed by atoms with Gasteiger partial charge in [0.25, 0.3) is 5.91 Å². The zero-order valence-electron chi connectivity index (χ0n) is 11.1. The van der Waals surface area contributed by atoms with Crippen LogP contribution in [0.25, 0.3) is 0 Å². The first-order valence-corrected chi connectivity index (χ1v) is 8.03. The Balaban J connectivity index is 2.37. The molecule has 0 aliphatic rings. The number of benzene rings is 1. The molecule has 0 spiro atoms. The summed E-state index contributed by atoms with van der Waals surface area (Å²) >= 11 is 5.92. The van der Waals surface area contributed by atoms with E-state index in [0.29, 0.717) is 17.3 Å². The van der Waals surface area contributed by atoms with E-state index < -0.39 is 15.9 Å². The Hall–Kier alpha value is -1.15. The molecular weight excluding hydrogens is 304 g/mol. The van der Waals surface area contributed by atoms with Crippen LogP contribution in [0.4, 0.5) is 5.69 Å². The van der Waals surface area contributed by atoms with Crippen molar-refractivity contribution in [3.8, 4) is 0 Å². The van der Waals surface area contributed by atoms with Crippen molar-refractivity contribution < 1.29 is 22.7 Å². The molecule has 0 saturated carbocycles. The summed E-state index contributed by atoms with van der Waals surface area (Å²) in [6.07, 6.45) is 0.233. The number of likely N-dealkylation sites (N-methyl/N-ethyl adjacent to an activating group) is 1. The molecule has 0 aliphatic heterocycles. The number of para-hydroxylation sites is 1. The van der Waals surface area contributed by atoms with E-state index in [-0.39, 0.29) is 18.9 Å². The molecule has 6 nitrogen and oxygen atoms in total. The van der Waals surface area contributed by atoms with E-state index >= 15 is 0 Å². The van der Waals surface area contributed by atoms with E-state index in [1.165, 1.54) is 0 Å². The van der Waals surface area contributed by atoms with Gasteiger partial charge in [-0.05, 0) is 12.1 Å². The summed E-state index contributed by atoms with van der Waals surface area (Å²) in [5, 5.41) is 3.13. The zero-order chi connectivity index (χ0) is 15.2. The van der Waals surface area contributed by atoms with Crippen molar-refractivity contribution in [3.63, 3.8) is 0 Å². The Bertz CT molecular complexity index is 562. The molecule has 2 N–H and O–H groups in total. The van der Waals surface area contributed by atoms with Gasteiger partial charge >= 0.3 is 0 Å². The number of amides is 1. The molecule has 1 atom stereocenters. The lowest BCUT2D eigenvalue weighted by molar-refractivity contribution is -0.870. The summed E-state index contributed by atoms with van der Waals surface area (Å²) in [4.78, 5) is 12.6. The smallest absolute Gasteiger partial charge is 0.279 e. The van der Waals surface area contributed by atoms with Crippen LogP contribution in [0.5, 0.6) is 0 Å². The third kappa shape index (κ3) is 6.85. The molecule has 8 heteroatoms. The summed E-state index contributed by atoms with van der Waals surface area (Å²) < 4.78 is 31.4. The maximum absolute atomic E-state index is 11.8. The first-order chi connectivity index (χ1) is 9.28. The van der Waals surface area contributed by atoms with Gasteiger partial charge in [-0.15, -0.1) is 0 Å². The van der Waals surface area contributed by atoms with Gasteiger partial charge in [0.1, 0.15) is 0 Å². The molecule has 1 amide bonds. The maximum Gasteiger partial charge on any atom is 0.279 e. The van der Waals surface area contributed by atoms with Crippen LogP contribution in [0.2, 0.25) is 5.02 Å². The van der Waals surface area contributed by atoms with Crippen LogP contribution < -0.4 is 10.2 Å². The molecule has 0 radical (unpaired) electrons. The lowest BCUT2D eigenvalue weighted by Crippen LogP contribution is -3.10. The minimum Gasteiger partial charge on any atom is -0.748 e. The SMILES string of the molecule is C[NH+](CCCS(=O)(=O)[O-])CC(=O)Nc1ccccc1Cl. The van der Waals surface area contributed by atoms with Crippen LogP contribution in [0.3, 0.4) is 0 Å². The number of halogens is 1. The summed E-state index contributed by atoms with van der Waals surface area (Å²) in [6, 6.07) is 6.89. The van der Waals surface area contributed by atoms with Crippen LogP contribution in [-0.2, 0) is 14.9 Å². The minimum atomic E-state index is -4.18. The van der Waals surface area contributed by atoms with Gasteiger partial charge in [-0.3, -0.25) is 4.79 Å². The Labute approximate surface area is 123 Å². The second-order valence-corrected chi connectivity index (χ2v) is 6.46. The van der Waals surface area contributed by atoms with Crippen molar-refractivity contribution in [2.45, 2.75) is 6.42 Å². The standard InChI is InChI=1S/C12H17ClN2O4S/c1-15(7-4-8-20(17,18)19)9-12(16)14-11-6-3-2-5-10(11)13/h2-3,5-6H,4,7-9H2,1H3,(H,14,16)(H,17,18,19). The molecule has 0 aromatic heterocycles. The van der Waals surface area contributed by atoms with Crippen LogP contribution in [-0.4, -0.2) is 44.8 Å². The van der Waals surface area contributed by atoms with E-state index in [1.54, 1.807) is 31.3 Å². The summed E-state index contributed by atoms with van der Waals surface area (Å²) in [7, 11) is -2.43. The molecule has 112 valence electrons. The lowest BCUT2D eigenvalue weighted by Gasteiger charge is -2.14. The highest BCUT2D eigenvalue weighted by Gasteiger charge is 2.11. The number of carbonyl (C=O) groups excluding carboxylic acids is 1. The van der Waals surface area contributed by atoms with Crippen LogP contribution in [0.1, 0.15) is 6.42 Å². The first kappa shape index (κ1) is 16.9. The minimum absolute atomic E-state index is 0.171. The van der Waals surface area contributed by atoms with Gasteiger partial charge in [-0.25, -0.2) is 8.42 Å². The van der Waals surface area contributed by atoms with Crippen molar-refractivity contribution in [1.29, 1.82) is 0 Å². The summed E-state index contributed by atoms with van der Waals surface area (Å²) in [5.74, 6) is -0.628. The number of rotatable bonds is 7. The van der Waals surface area contributed by atoms with E-state index in [9.17, 15) is 17.8 Å². The van der Waals surface area contributed by atoms with Gasteiger partial charge in [0.2, 0.25) is 0 Å². The maximum atomic E-state index is 11.8. The Morgan fingerprint density at radius 1 is 1.40 bits per heavy atom. The van der Waals surface area contributed by atoms with Crippen molar-refractivity contribution in [1.82, 2.24) is 0 Å². The van der Waals surface area contributed by atoms with Gasteiger partial charge in [0.05, 0.1) is 34.4 Å². The average Bonchev–Trinajstić information content (AvgIpc) is 2.30. The van der Waals surface area contributed by atoms with Gasteiger partial charge in [-0.2, -0.15) is 0 Å². The van der Waals surface area contributed by atoms with E-state index in [2.05, 4.69) is 5.32 Å². The molecule has 0 bridgehead atoms. The average molecular weight is 321 g/mol. The molecule has 0 aliphatic carbocycles. The number of anilines is 1. The molecule has 1 aromatic carbocycles. The van der Waals surface area contributed by atoms with Crippen molar-refractivity contribution in [3.05, 3.63) is 29.3 Å². The number of hydrogen-bond acceptors (Lipinski definition) is 4. The normalized spacial score (nSPS) is 12.9. The van der Waals surface area contributed by atoms with E-state index in [4.69, 9.17) is 11.6 Å². The van der Waals surface area contributed by atoms with E-state index in [1.807, 2.05) is 0 Å². The van der Waals surface area contributed by atoms with Crippen molar-refractivity contribution in [2.24, 2.45) is 0 Å². The predicted octanol–water partition coefficient (Wildman–Crippen LogP) is -0.271. The number of quaternary nitrogens is 1. The second kappa shape index (κ2) is 7.58. The highest BCUT2D eigenvalue weighted by molar-refractivity contribution is 7.85. The molecule has 0 heterocycles. The topological polar surface area (TPSA) is 90.7 Å². The molecule has 0 fully saturated rings. The summed E-state index contributed by atoms with van der Waals surface area (Å²) in [5.41, 5.74) is 0.536. The Morgan fingerprint density at radius 2 is 2.05 bits per heavy atom. The predicted molar refractivity (Wildman–Crippen MR) is 75.9 cm³/mol. The van der Waals surface area contributed by atoms with Crippen molar-refractivity contribution in [2.75, 3.05) is 31.2 Å². The fourth-order valence-electron chi connectivity index (χ4n) is 1.67. The van der Waals surface area contributed by atoms with Gasteiger partial charge in [-0.1, -0.05) is 23.7 Å². The number of hydrogen-bond donors (Lipinski definition) is 2. The summed E-state index contributed by atoms with van der Waals surface area (Å²) in [6.45, 7) is 0.599. The highest BCUT2D eigenvalue weighted by atomic mass is 35.5. The molecule has 1 unspecified atom stereocenters. The first-order valence-electron chi connectivity index (χ1n) is 6.07. The molecule has 20 heavy (non-hydrogen) atoms. The van der Waals surface area contributed by atoms with Gasteiger partial charge in [0, 0.05) is 12.2 Å². The second-order valence-electron chi connectivity index (χ2n) is 4.53. The van der Waals surface area contributed by atoms with Crippen LogP contribution >= 0.6 is 11.6 Å². The molecule has 1 aromatic rings. The van der Waals surface area contributed by atoms with Gasteiger partial charge < -0.3 is 14.8 Å². The third-order valence-electron chi connectivity index (χ3n) is 2.61. The number of carbonyl (C=O) groups is 1. The van der Waals surface area contributed by atoms with Crippen LogP contribution in [0, 0.1) is 0 Å². The van der Waals surface area contributed by atoms with Crippen molar-refractivity contribution >= 4 is 33.3 Å². The highest BCUT2D eigenvalue weighted by Crippen LogP contribution is 2.19. The third-order valence-corrected chi connectivity index (χ3v) is 3.73. The Morgan fingerprint density at radius 3 is 2.65 bits per heavy atom. The zero-order valence-corrected chi connectivity index (χ0v) is 12.6. The molecule has 1 rings (SSSR count). The van der Waals surface area contributed by atoms with E-state index in [0.717, 1.165) is 4.90 Å². The largest absolute Gasteiger partial charge is 0.748 e. The number of nitrogens with one attached hydrogen (secondary N) is 2. The fourth-order valence-corrected chi connectivity index (χ4v) is 2.35.